The van der Waals surface area contributed by atoms with Crippen LogP contribution in [0.5, 0.6) is 0 Å². The maximum absolute atomic E-state index is 5.52. The lowest BCUT2D eigenvalue weighted by molar-refractivity contribution is 0.299. The maximum atomic E-state index is 5.52. The largest absolute Gasteiger partial charge is 0.329 e. The number of thioether (sulfide) groups is 1. The maximum Gasteiger partial charge on any atom is 0.0105 e. The van der Waals surface area contributed by atoms with E-state index in [0.717, 1.165) is 13.1 Å². The molecule has 0 saturated heterocycles. The molecule has 74 valence electrons. The first-order valence-electron chi connectivity index (χ1n) is 4.85. The summed E-state index contributed by atoms with van der Waals surface area (Å²) in [6.45, 7) is 8.66. The fraction of sp³-hybridized carbons (Fsp3) is 1.00. The van der Waals surface area contributed by atoms with Crippen molar-refractivity contribution in [3.05, 3.63) is 0 Å². The van der Waals surface area contributed by atoms with Crippen LogP contribution in [0.3, 0.4) is 0 Å². The van der Waals surface area contributed by atoms with Gasteiger partial charge in [0, 0.05) is 25.4 Å². The molecule has 0 saturated carbocycles. The van der Waals surface area contributed by atoms with Crippen LogP contribution >= 0.6 is 11.8 Å². The van der Waals surface area contributed by atoms with E-state index in [2.05, 4.69) is 18.7 Å². The van der Waals surface area contributed by atoms with Gasteiger partial charge >= 0.3 is 0 Å². The van der Waals surface area contributed by atoms with Crippen LogP contribution in [0.15, 0.2) is 0 Å². The molecule has 0 aromatic carbocycles. The third-order valence-corrected chi connectivity index (χ3v) is 2.62. The molecule has 0 aliphatic heterocycles. The van der Waals surface area contributed by atoms with Gasteiger partial charge in [0.1, 0.15) is 0 Å². The zero-order valence-electron chi connectivity index (χ0n) is 8.38. The van der Waals surface area contributed by atoms with Crippen molar-refractivity contribution in [2.45, 2.75) is 20.3 Å². The molecule has 0 aliphatic carbocycles. The van der Waals surface area contributed by atoms with Crippen molar-refractivity contribution < 1.29 is 0 Å². The second kappa shape index (κ2) is 9.36. The van der Waals surface area contributed by atoms with Gasteiger partial charge in [-0.05, 0) is 18.7 Å². The fourth-order valence-electron chi connectivity index (χ4n) is 1.17. The zero-order valence-corrected chi connectivity index (χ0v) is 9.20. The monoisotopic (exact) mass is 190 g/mol. The van der Waals surface area contributed by atoms with Crippen LogP contribution in [0, 0.1) is 0 Å². The molecule has 0 spiro atoms. The SMILES string of the molecule is CCCN(CCN)CCSCC. The molecule has 0 amide bonds. The Morgan fingerprint density at radius 1 is 1.17 bits per heavy atom. The fourth-order valence-corrected chi connectivity index (χ4v) is 1.85. The first kappa shape index (κ1) is 12.3. The Bertz CT molecular complexity index is 82.6. The van der Waals surface area contributed by atoms with Crippen molar-refractivity contribution in [2.24, 2.45) is 5.73 Å². The lowest BCUT2D eigenvalue weighted by Gasteiger charge is -2.20. The molecule has 0 aromatic heterocycles. The smallest absolute Gasteiger partial charge is 0.0105 e. The van der Waals surface area contributed by atoms with Crippen molar-refractivity contribution >= 4 is 11.8 Å². The van der Waals surface area contributed by atoms with Gasteiger partial charge in [-0.1, -0.05) is 13.8 Å². The van der Waals surface area contributed by atoms with E-state index in [9.17, 15) is 0 Å². The van der Waals surface area contributed by atoms with Crippen LogP contribution in [-0.4, -0.2) is 42.6 Å². The van der Waals surface area contributed by atoms with Crippen LogP contribution in [0.4, 0.5) is 0 Å². The summed E-state index contributed by atoms with van der Waals surface area (Å²) in [6, 6.07) is 0. The van der Waals surface area contributed by atoms with Crippen LogP contribution in [0.25, 0.3) is 0 Å². The Labute approximate surface area is 80.9 Å². The summed E-state index contributed by atoms with van der Waals surface area (Å²) in [6.07, 6.45) is 1.23. The average molecular weight is 190 g/mol. The standard InChI is InChI=1S/C9H22N2S/c1-3-6-11(7-5-10)8-9-12-4-2/h3-10H2,1-2H3. The van der Waals surface area contributed by atoms with E-state index in [0.29, 0.717) is 0 Å². The van der Waals surface area contributed by atoms with Gasteiger partial charge in [0.05, 0.1) is 0 Å². The molecule has 0 heterocycles. The first-order valence-corrected chi connectivity index (χ1v) is 6.00. The Kier molecular flexibility index (Phi) is 9.57. The van der Waals surface area contributed by atoms with Gasteiger partial charge in [-0.2, -0.15) is 11.8 Å². The molecule has 12 heavy (non-hydrogen) atoms. The second-order valence-electron chi connectivity index (χ2n) is 2.83. The van der Waals surface area contributed by atoms with E-state index >= 15 is 0 Å². The number of hydrogen-bond acceptors (Lipinski definition) is 3. The Balaban J connectivity index is 3.34. The molecule has 2 N–H and O–H groups in total. The molecule has 0 unspecified atom stereocenters. The van der Waals surface area contributed by atoms with Gasteiger partial charge in [-0.3, -0.25) is 0 Å². The van der Waals surface area contributed by atoms with Crippen LogP contribution < -0.4 is 5.73 Å². The Hall–Kier alpha value is 0.270. The van der Waals surface area contributed by atoms with Gasteiger partial charge in [0.2, 0.25) is 0 Å². The lowest BCUT2D eigenvalue weighted by Crippen LogP contribution is -2.32. The topological polar surface area (TPSA) is 29.3 Å². The normalized spacial score (nSPS) is 11.0. The summed E-state index contributed by atoms with van der Waals surface area (Å²) in [7, 11) is 0. The number of nitrogens with two attached hydrogens (primary N) is 1. The average Bonchev–Trinajstić information content (AvgIpc) is 2.06. The molecule has 0 aliphatic rings. The minimum absolute atomic E-state index is 0.788. The highest BCUT2D eigenvalue weighted by atomic mass is 32.2. The summed E-state index contributed by atoms with van der Waals surface area (Å²) in [4.78, 5) is 2.45. The minimum atomic E-state index is 0.788. The minimum Gasteiger partial charge on any atom is -0.329 e. The summed E-state index contributed by atoms with van der Waals surface area (Å²) >= 11 is 2.01. The molecule has 0 atom stereocenters. The predicted molar refractivity (Wildman–Crippen MR) is 58.8 cm³/mol. The van der Waals surface area contributed by atoms with Gasteiger partial charge < -0.3 is 10.6 Å². The Morgan fingerprint density at radius 3 is 2.42 bits per heavy atom. The van der Waals surface area contributed by atoms with E-state index in [1.54, 1.807) is 0 Å². The van der Waals surface area contributed by atoms with Crippen molar-refractivity contribution in [3.63, 3.8) is 0 Å². The van der Waals surface area contributed by atoms with Gasteiger partial charge in [0.25, 0.3) is 0 Å². The van der Waals surface area contributed by atoms with Gasteiger partial charge in [-0.25, -0.2) is 0 Å². The molecule has 0 rings (SSSR count). The van der Waals surface area contributed by atoms with Gasteiger partial charge in [0.15, 0.2) is 0 Å². The summed E-state index contributed by atoms with van der Waals surface area (Å²) in [5.74, 6) is 2.47. The Morgan fingerprint density at radius 2 is 1.92 bits per heavy atom. The van der Waals surface area contributed by atoms with Crippen LogP contribution in [-0.2, 0) is 0 Å². The highest BCUT2D eigenvalue weighted by Gasteiger charge is 2.00. The summed E-state index contributed by atoms with van der Waals surface area (Å²) in [5, 5.41) is 0. The zero-order chi connectivity index (χ0) is 9.23. The molecule has 0 fully saturated rings. The van der Waals surface area contributed by atoms with E-state index in [1.807, 2.05) is 11.8 Å². The molecular formula is C9H22N2S. The second-order valence-corrected chi connectivity index (χ2v) is 4.22. The number of rotatable bonds is 8. The molecule has 2 nitrogen and oxygen atoms in total. The molecule has 3 heteroatoms. The van der Waals surface area contributed by atoms with Crippen molar-refractivity contribution in [3.8, 4) is 0 Å². The van der Waals surface area contributed by atoms with Crippen molar-refractivity contribution in [2.75, 3.05) is 37.7 Å². The summed E-state index contributed by atoms with van der Waals surface area (Å²) < 4.78 is 0. The number of hydrogen-bond donors (Lipinski definition) is 1. The van der Waals surface area contributed by atoms with E-state index in [1.165, 1.54) is 31.0 Å². The van der Waals surface area contributed by atoms with Crippen molar-refractivity contribution in [1.82, 2.24) is 4.90 Å². The molecule has 0 radical (unpaired) electrons. The highest BCUT2D eigenvalue weighted by molar-refractivity contribution is 7.99. The molecule has 0 aromatic rings. The van der Waals surface area contributed by atoms with Crippen LogP contribution in [0.2, 0.25) is 0 Å². The number of nitrogens with zero attached hydrogens (tertiary/aromatic N) is 1. The van der Waals surface area contributed by atoms with Crippen molar-refractivity contribution in [1.29, 1.82) is 0 Å². The molecular weight excluding hydrogens is 168 g/mol. The summed E-state index contributed by atoms with van der Waals surface area (Å²) in [5.41, 5.74) is 5.52. The van der Waals surface area contributed by atoms with Crippen LogP contribution in [0.1, 0.15) is 20.3 Å². The first-order chi connectivity index (χ1) is 5.85. The third kappa shape index (κ3) is 6.95. The van der Waals surface area contributed by atoms with Gasteiger partial charge in [-0.15, -0.1) is 0 Å². The quantitative estimate of drug-likeness (QED) is 0.587. The van der Waals surface area contributed by atoms with E-state index in [4.69, 9.17) is 5.73 Å². The van der Waals surface area contributed by atoms with E-state index < -0.39 is 0 Å². The molecule has 0 bridgehead atoms. The predicted octanol–water partition coefficient (Wildman–Crippen LogP) is 1.41. The highest BCUT2D eigenvalue weighted by Crippen LogP contribution is 2.00. The third-order valence-electron chi connectivity index (χ3n) is 1.74. The lowest BCUT2D eigenvalue weighted by atomic mass is 10.4. The van der Waals surface area contributed by atoms with E-state index in [-0.39, 0.29) is 0 Å².